The molecule has 0 aliphatic carbocycles. The minimum atomic E-state index is -0.808. The van der Waals surface area contributed by atoms with E-state index in [1.807, 2.05) is 48.8 Å². The van der Waals surface area contributed by atoms with E-state index in [1.54, 1.807) is 0 Å². The van der Waals surface area contributed by atoms with E-state index in [2.05, 4.69) is 10.3 Å². The van der Waals surface area contributed by atoms with Gasteiger partial charge < -0.3 is 9.51 Å². The normalized spacial score (nSPS) is 13.0. The number of hydrogen-bond donors (Lipinski definition) is 2. The van der Waals surface area contributed by atoms with Crippen LogP contribution in [0.25, 0.3) is 5.65 Å². The van der Waals surface area contributed by atoms with Gasteiger partial charge in [-0.15, -0.1) is 0 Å². The molecule has 0 saturated heterocycles. The summed E-state index contributed by atoms with van der Waals surface area (Å²) in [5, 5.41) is 12.2. The molecule has 0 radical (unpaired) electrons. The summed E-state index contributed by atoms with van der Waals surface area (Å²) in [6.07, 6.45) is 4.45. The van der Waals surface area contributed by atoms with Gasteiger partial charge in [0.2, 0.25) is 0 Å². The van der Waals surface area contributed by atoms with Crippen LogP contribution in [0, 0.1) is 5.92 Å². The Labute approximate surface area is 112 Å². The molecular formula is C14H19N3O2. The summed E-state index contributed by atoms with van der Waals surface area (Å²) in [4.78, 5) is 15.6. The molecule has 0 aliphatic rings. The van der Waals surface area contributed by atoms with Crippen LogP contribution in [0.5, 0.6) is 0 Å². The van der Waals surface area contributed by atoms with Crippen molar-refractivity contribution < 1.29 is 9.90 Å². The Morgan fingerprint density at radius 3 is 2.89 bits per heavy atom. The molecule has 0 fully saturated rings. The summed E-state index contributed by atoms with van der Waals surface area (Å²) in [6.45, 7) is 4.50. The molecule has 5 nitrogen and oxygen atoms in total. The Morgan fingerprint density at radius 1 is 1.47 bits per heavy atom. The Balaban J connectivity index is 2.02. The van der Waals surface area contributed by atoms with Crippen LogP contribution in [-0.2, 0) is 11.3 Å². The second kappa shape index (κ2) is 5.84. The van der Waals surface area contributed by atoms with E-state index in [1.165, 1.54) is 0 Å². The van der Waals surface area contributed by atoms with Crippen molar-refractivity contribution in [1.82, 2.24) is 14.7 Å². The first-order chi connectivity index (χ1) is 9.06. The Morgan fingerprint density at radius 2 is 2.26 bits per heavy atom. The van der Waals surface area contributed by atoms with Gasteiger partial charge in [-0.05, 0) is 24.5 Å². The van der Waals surface area contributed by atoms with Gasteiger partial charge in [0.15, 0.2) is 0 Å². The average Bonchev–Trinajstić information content (AvgIpc) is 2.76. The molecule has 1 atom stereocenters. The molecule has 0 aliphatic heterocycles. The summed E-state index contributed by atoms with van der Waals surface area (Å²) < 4.78 is 1.93. The van der Waals surface area contributed by atoms with Gasteiger partial charge in [0.25, 0.3) is 0 Å². The van der Waals surface area contributed by atoms with Crippen LogP contribution in [0.1, 0.15) is 26.0 Å². The van der Waals surface area contributed by atoms with Gasteiger partial charge in [-0.2, -0.15) is 0 Å². The smallest absolute Gasteiger partial charge is 0.320 e. The summed E-state index contributed by atoms with van der Waals surface area (Å²) in [5.74, 6) is -0.466. The van der Waals surface area contributed by atoms with Crippen molar-refractivity contribution in [3.05, 3.63) is 36.3 Å². The zero-order valence-electron chi connectivity index (χ0n) is 11.2. The molecule has 0 bridgehead atoms. The number of rotatable bonds is 6. The van der Waals surface area contributed by atoms with Crippen molar-refractivity contribution in [3.63, 3.8) is 0 Å². The molecule has 0 amide bonds. The highest BCUT2D eigenvalue weighted by atomic mass is 16.4. The Kier molecular flexibility index (Phi) is 4.16. The van der Waals surface area contributed by atoms with Crippen molar-refractivity contribution in [3.8, 4) is 0 Å². The van der Waals surface area contributed by atoms with Gasteiger partial charge in [0.1, 0.15) is 11.7 Å². The molecular weight excluding hydrogens is 242 g/mol. The molecule has 5 heteroatoms. The zero-order chi connectivity index (χ0) is 13.8. The van der Waals surface area contributed by atoms with Crippen LogP contribution in [0.2, 0.25) is 0 Å². The number of fused-ring (bicyclic) bond motifs is 1. The molecule has 2 heterocycles. The number of carboxylic acids is 1. The van der Waals surface area contributed by atoms with Gasteiger partial charge >= 0.3 is 5.97 Å². The predicted molar refractivity (Wildman–Crippen MR) is 72.9 cm³/mol. The van der Waals surface area contributed by atoms with Crippen LogP contribution >= 0.6 is 0 Å². The Hall–Kier alpha value is -1.88. The van der Waals surface area contributed by atoms with E-state index >= 15 is 0 Å². The summed E-state index contributed by atoms with van der Waals surface area (Å²) in [5.41, 5.74) is 1.72. The van der Waals surface area contributed by atoms with E-state index in [0.717, 1.165) is 11.3 Å². The van der Waals surface area contributed by atoms with Gasteiger partial charge in [-0.25, -0.2) is 4.98 Å². The van der Waals surface area contributed by atoms with E-state index in [-0.39, 0.29) is 0 Å². The van der Waals surface area contributed by atoms with Crippen molar-refractivity contribution in [2.45, 2.75) is 32.9 Å². The fourth-order valence-corrected chi connectivity index (χ4v) is 2.04. The zero-order valence-corrected chi connectivity index (χ0v) is 11.2. The maximum absolute atomic E-state index is 11.1. The predicted octanol–water partition coefficient (Wildman–Crippen LogP) is 1.92. The number of pyridine rings is 1. The summed E-state index contributed by atoms with van der Waals surface area (Å²) in [6, 6.07) is 5.26. The molecule has 2 aromatic rings. The molecule has 1 unspecified atom stereocenters. The van der Waals surface area contributed by atoms with E-state index in [4.69, 9.17) is 5.11 Å². The van der Waals surface area contributed by atoms with Gasteiger partial charge in [-0.1, -0.05) is 19.9 Å². The molecule has 102 valence electrons. The minimum Gasteiger partial charge on any atom is -0.480 e. The second-order valence-electron chi connectivity index (χ2n) is 5.10. The lowest BCUT2D eigenvalue weighted by Crippen LogP contribution is -2.37. The highest BCUT2D eigenvalue weighted by molar-refractivity contribution is 5.73. The topological polar surface area (TPSA) is 66.6 Å². The van der Waals surface area contributed by atoms with Crippen molar-refractivity contribution in [2.24, 2.45) is 5.92 Å². The number of hydrogen-bond acceptors (Lipinski definition) is 3. The highest BCUT2D eigenvalue weighted by Gasteiger charge is 2.18. The SMILES string of the molecule is CC(C)CC(NCc1cn2ccccc2n1)C(=O)O. The third kappa shape index (κ3) is 3.54. The lowest BCUT2D eigenvalue weighted by atomic mass is 10.0. The molecule has 2 rings (SSSR count). The lowest BCUT2D eigenvalue weighted by molar-refractivity contribution is -0.140. The van der Waals surface area contributed by atoms with Gasteiger partial charge in [-0.3, -0.25) is 10.1 Å². The van der Waals surface area contributed by atoms with Gasteiger partial charge in [0, 0.05) is 18.9 Å². The third-order valence-electron chi connectivity index (χ3n) is 2.95. The summed E-state index contributed by atoms with van der Waals surface area (Å²) in [7, 11) is 0. The van der Waals surface area contributed by atoms with Crippen LogP contribution in [0.4, 0.5) is 0 Å². The standard InChI is InChI=1S/C14H19N3O2/c1-10(2)7-12(14(18)19)15-8-11-9-17-6-4-3-5-13(17)16-11/h3-6,9-10,12,15H,7-8H2,1-2H3,(H,18,19). The maximum Gasteiger partial charge on any atom is 0.320 e. The number of nitrogens with one attached hydrogen (secondary N) is 1. The first-order valence-electron chi connectivity index (χ1n) is 6.45. The first kappa shape index (κ1) is 13.5. The van der Waals surface area contributed by atoms with Crippen molar-refractivity contribution in [1.29, 1.82) is 0 Å². The molecule has 0 spiro atoms. The molecule has 0 saturated carbocycles. The van der Waals surface area contributed by atoms with E-state index < -0.39 is 12.0 Å². The number of carbonyl (C=O) groups is 1. The number of carboxylic acid groups (broad SMARTS) is 1. The number of aliphatic carboxylic acids is 1. The molecule has 19 heavy (non-hydrogen) atoms. The Bertz CT molecular complexity index is 530. The summed E-state index contributed by atoms with van der Waals surface area (Å²) >= 11 is 0. The van der Waals surface area contributed by atoms with Crippen molar-refractivity contribution >= 4 is 11.6 Å². The largest absolute Gasteiger partial charge is 0.480 e. The van der Waals surface area contributed by atoms with Crippen molar-refractivity contribution in [2.75, 3.05) is 0 Å². The third-order valence-corrected chi connectivity index (χ3v) is 2.95. The molecule has 2 aromatic heterocycles. The maximum atomic E-state index is 11.1. The number of aromatic nitrogens is 2. The minimum absolute atomic E-state index is 0.342. The highest BCUT2D eigenvalue weighted by Crippen LogP contribution is 2.08. The second-order valence-corrected chi connectivity index (χ2v) is 5.10. The lowest BCUT2D eigenvalue weighted by Gasteiger charge is -2.15. The number of nitrogens with zero attached hydrogens (tertiary/aromatic N) is 2. The van der Waals surface area contributed by atoms with E-state index in [9.17, 15) is 4.79 Å². The average molecular weight is 261 g/mol. The fourth-order valence-electron chi connectivity index (χ4n) is 2.04. The van der Waals surface area contributed by atoms with Crippen LogP contribution in [0.15, 0.2) is 30.6 Å². The first-order valence-corrected chi connectivity index (χ1v) is 6.45. The number of imidazole rings is 1. The monoisotopic (exact) mass is 261 g/mol. The van der Waals surface area contributed by atoms with Crippen LogP contribution < -0.4 is 5.32 Å². The van der Waals surface area contributed by atoms with Crippen LogP contribution in [-0.4, -0.2) is 26.5 Å². The van der Waals surface area contributed by atoms with E-state index in [0.29, 0.717) is 18.9 Å². The van der Waals surface area contributed by atoms with Crippen LogP contribution in [0.3, 0.4) is 0 Å². The van der Waals surface area contributed by atoms with Gasteiger partial charge in [0.05, 0.1) is 5.69 Å². The quantitative estimate of drug-likeness (QED) is 0.833. The molecule has 2 N–H and O–H groups in total. The molecule has 0 aromatic carbocycles. The fraction of sp³-hybridized carbons (Fsp3) is 0.429.